The Morgan fingerprint density at radius 1 is 1.35 bits per heavy atom. The number of hydrogen-bond acceptors (Lipinski definition) is 6. The Morgan fingerprint density at radius 3 is 2.30 bits per heavy atom. The molecule has 0 saturated carbocycles. The molecule has 0 aromatic rings. The molecule has 2 amide bonds. The number of nitrogens with one attached hydrogen (secondary N) is 1. The molecule has 0 saturated heterocycles. The van der Waals surface area contributed by atoms with Crippen LogP contribution in [0.25, 0.3) is 0 Å². The summed E-state index contributed by atoms with van der Waals surface area (Å²) in [6, 6.07) is -1.26. The first kappa shape index (κ1) is 20.9. The minimum atomic E-state index is -1.26. The topological polar surface area (TPSA) is 105 Å². The molecule has 0 aliphatic rings. The fourth-order valence-corrected chi connectivity index (χ4v) is 1.63. The first-order valence-electron chi connectivity index (χ1n) is 7.16. The van der Waals surface area contributed by atoms with Gasteiger partial charge in [-0.15, -0.1) is 6.58 Å². The number of methoxy groups -OCH3 is 1. The van der Waals surface area contributed by atoms with Crippen LogP contribution >= 0.6 is 0 Å². The summed E-state index contributed by atoms with van der Waals surface area (Å²) < 4.78 is 9.59. The number of aliphatic hydroxyl groups excluding tert-OH is 1. The number of aliphatic hydroxyl groups is 1. The van der Waals surface area contributed by atoms with E-state index in [4.69, 9.17) is 4.74 Å². The fraction of sp³-hybridized carbons (Fsp3) is 0.667. The molecule has 0 bridgehead atoms. The lowest BCUT2D eigenvalue weighted by atomic mass is 10.1. The van der Waals surface area contributed by atoms with E-state index >= 15 is 0 Å². The second kappa shape index (κ2) is 9.14. The van der Waals surface area contributed by atoms with Gasteiger partial charge in [-0.25, -0.2) is 4.79 Å². The van der Waals surface area contributed by atoms with E-state index in [0.717, 1.165) is 4.90 Å². The summed E-state index contributed by atoms with van der Waals surface area (Å²) in [5, 5.41) is 12.1. The molecule has 8 heteroatoms. The van der Waals surface area contributed by atoms with Crippen LogP contribution < -0.4 is 5.32 Å². The molecular formula is C15H26N2O6. The van der Waals surface area contributed by atoms with Gasteiger partial charge in [-0.3, -0.25) is 9.59 Å². The zero-order valence-corrected chi connectivity index (χ0v) is 14.3. The Balaban J connectivity index is 5.09. The first-order chi connectivity index (χ1) is 10.5. The number of nitrogens with zero attached hydrogens (tertiary/aromatic N) is 1. The Hall–Kier alpha value is -2.09. The number of ether oxygens (including phenoxy) is 2. The molecule has 0 aliphatic carbocycles. The van der Waals surface area contributed by atoms with Crippen LogP contribution in [0.15, 0.2) is 12.7 Å². The summed E-state index contributed by atoms with van der Waals surface area (Å²) in [5.41, 5.74) is -0.747. The highest BCUT2D eigenvalue weighted by atomic mass is 16.6. The van der Waals surface area contributed by atoms with Crippen molar-refractivity contribution in [3.8, 4) is 0 Å². The van der Waals surface area contributed by atoms with E-state index in [1.807, 2.05) is 0 Å². The molecule has 0 aromatic carbocycles. The van der Waals surface area contributed by atoms with E-state index in [2.05, 4.69) is 16.6 Å². The van der Waals surface area contributed by atoms with Crippen LogP contribution in [0.1, 0.15) is 27.7 Å². The molecular weight excluding hydrogens is 304 g/mol. The lowest BCUT2D eigenvalue weighted by molar-refractivity contribution is -0.148. The summed E-state index contributed by atoms with van der Waals surface area (Å²) in [6.07, 6.45) is -0.596. The van der Waals surface area contributed by atoms with Crippen molar-refractivity contribution in [3.63, 3.8) is 0 Å². The van der Waals surface area contributed by atoms with E-state index in [1.54, 1.807) is 20.8 Å². The average molecular weight is 330 g/mol. The van der Waals surface area contributed by atoms with Gasteiger partial charge in [0, 0.05) is 6.54 Å². The lowest BCUT2D eigenvalue weighted by Crippen LogP contribution is -2.55. The smallest absolute Gasteiger partial charge is 0.408 e. The first-order valence-corrected chi connectivity index (χ1v) is 7.16. The standard InChI is InChI=1S/C15H26N2O6/c1-7-8-17(9-11(19)22-6)13(20)12(10(2)18)16-14(21)23-15(3,4)5/h7,10,12,18H,1,8-9H2,2-6H3,(H,16,21)/t10-,12+/m1/s1. The molecule has 2 N–H and O–H groups in total. The molecule has 8 nitrogen and oxygen atoms in total. The zero-order valence-electron chi connectivity index (χ0n) is 14.3. The lowest BCUT2D eigenvalue weighted by Gasteiger charge is -2.28. The van der Waals surface area contributed by atoms with Crippen molar-refractivity contribution in [2.45, 2.75) is 45.4 Å². The van der Waals surface area contributed by atoms with Crippen molar-refractivity contribution in [3.05, 3.63) is 12.7 Å². The highest BCUT2D eigenvalue weighted by molar-refractivity contribution is 5.89. The summed E-state index contributed by atoms with van der Waals surface area (Å²) in [4.78, 5) is 36.8. The predicted molar refractivity (Wildman–Crippen MR) is 83.6 cm³/mol. The van der Waals surface area contributed by atoms with Crippen molar-refractivity contribution >= 4 is 18.0 Å². The normalized spacial score (nSPS) is 13.5. The van der Waals surface area contributed by atoms with Gasteiger partial charge in [0.05, 0.1) is 13.2 Å². The third-order valence-corrected chi connectivity index (χ3v) is 2.63. The minimum absolute atomic E-state index is 0.0627. The Bertz CT molecular complexity index is 442. The molecule has 0 aliphatic heterocycles. The van der Waals surface area contributed by atoms with Crippen LogP contribution in [0.3, 0.4) is 0 Å². The molecule has 0 aromatic heterocycles. The van der Waals surface area contributed by atoms with Crippen molar-refractivity contribution in [2.24, 2.45) is 0 Å². The van der Waals surface area contributed by atoms with Crippen molar-refractivity contribution < 1.29 is 29.0 Å². The van der Waals surface area contributed by atoms with Gasteiger partial charge in [0.1, 0.15) is 18.2 Å². The Morgan fingerprint density at radius 2 is 1.91 bits per heavy atom. The number of carbonyl (C=O) groups is 3. The maximum Gasteiger partial charge on any atom is 0.408 e. The SMILES string of the molecule is C=CCN(CC(=O)OC)C(=O)[C@@H](NC(=O)OC(C)(C)C)[C@@H](C)O. The van der Waals surface area contributed by atoms with Gasteiger partial charge in [-0.2, -0.15) is 0 Å². The third kappa shape index (κ3) is 8.20. The van der Waals surface area contributed by atoms with Crippen LogP contribution in [-0.4, -0.2) is 65.9 Å². The van der Waals surface area contributed by atoms with Gasteiger partial charge in [0.25, 0.3) is 0 Å². The highest BCUT2D eigenvalue weighted by Gasteiger charge is 2.32. The van der Waals surface area contributed by atoms with Crippen LogP contribution in [0.5, 0.6) is 0 Å². The van der Waals surface area contributed by atoms with Crippen molar-refractivity contribution in [1.82, 2.24) is 10.2 Å². The molecule has 0 rings (SSSR count). The van der Waals surface area contributed by atoms with E-state index in [1.165, 1.54) is 20.1 Å². The molecule has 132 valence electrons. The second-order valence-electron chi connectivity index (χ2n) is 5.95. The summed E-state index contributed by atoms with van der Waals surface area (Å²) in [5.74, 6) is -1.27. The Labute approximate surface area is 136 Å². The van der Waals surface area contributed by atoms with Gasteiger partial charge in [-0.1, -0.05) is 6.08 Å². The van der Waals surface area contributed by atoms with Gasteiger partial charge in [0.15, 0.2) is 0 Å². The molecule has 23 heavy (non-hydrogen) atoms. The quantitative estimate of drug-likeness (QED) is 0.519. The second-order valence-corrected chi connectivity index (χ2v) is 5.95. The predicted octanol–water partition coefficient (Wildman–Crippen LogP) is 0.448. The number of carbonyl (C=O) groups excluding carboxylic acids is 3. The monoisotopic (exact) mass is 330 g/mol. The van der Waals surface area contributed by atoms with Crippen LogP contribution in [0.4, 0.5) is 4.79 Å². The zero-order chi connectivity index (χ0) is 18.2. The molecule has 0 radical (unpaired) electrons. The number of alkyl carbamates (subject to hydrolysis) is 1. The van der Waals surface area contributed by atoms with Gasteiger partial charge < -0.3 is 24.8 Å². The van der Waals surface area contributed by atoms with Gasteiger partial charge in [-0.05, 0) is 27.7 Å². The fourth-order valence-electron chi connectivity index (χ4n) is 1.63. The maximum atomic E-state index is 12.5. The third-order valence-electron chi connectivity index (χ3n) is 2.63. The average Bonchev–Trinajstić information content (AvgIpc) is 2.41. The molecule has 0 heterocycles. The van der Waals surface area contributed by atoms with Crippen molar-refractivity contribution in [1.29, 1.82) is 0 Å². The minimum Gasteiger partial charge on any atom is -0.468 e. The number of esters is 1. The number of amides is 2. The summed E-state index contributed by atoms with van der Waals surface area (Å²) in [6.45, 7) is 9.63. The van der Waals surface area contributed by atoms with Gasteiger partial charge in [0.2, 0.25) is 5.91 Å². The Kier molecular flexibility index (Phi) is 8.31. The molecule has 0 spiro atoms. The highest BCUT2D eigenvalue weighted by Crippen LogP contribution is 2.08. The number of rotatable bonds is 7. The van der Waals surface area contributed by atoms with Crippen LogP contribution in [0.2, 0.25) is 0 Å². The molecule has 0 fully saturated rings. The van der Waals surface area contributed by atoms with Gasteiger partial charge >= 0.3 is 12.1 Å². The van der Waals surface area contributed by atoms with Crippen LogP contribution in [-0.2, 0) is 19.1 Å². The van der Waals surface area contributed by atoms with E-state index in [0.29, 0.717) is 0 Å². The summed E-state index contributed by atoms with van der Waals surface area (Å²) >= 11 is 0. The maximum absolute atomic E-state index is 12.5. The molecule has 2 atom stereocenters. The van der Waals surface area contributed by atoms with Crippen molar-refractivity contribution in [2.75, 3.05) is 20.2 Å². The number of hydrogen-bond donors (Lipinski definition) is 2. The largest absolute Gasteiger partial charge is 0.468 e. The van der Waals surface area contributed by atoms with Crippen LogP contribution in [0, 0.1) is 0 Å². The van der Waals surface area contributed by atoms with E-state index in [-0.39, 0.29) is 13.1 Å². The molecule has 0 unspecified atom stereocenters. The summed E-state index contributed by atoms with van der Waals surface area (Å²) in [7, 11) is 1.20. The van der Waals surface area contributed by atoms with E-state index in [9.17, 15) is 19.5 Å². The van der Waals surface area contributed by atoms with E-state index < -0.39 is 35.7 Å².